The summed E-state index contributed by atoms with van der Waals surface area (Å²) in [7, 11) is 0. The number of hydrogen-bond donors (Lipinski definition) is 2. The number of ether oxygens (including phenoxy) is 1. The van der Waals surface area contributed by atoms with Gasteiger partial charge in [0, 0.05) is 18.5 Å². The SMILES string of the molecule is CCC(CO)Nc1ncnc2c1sc1nc(N3CCOCC3)c3c(c12)CCC3. The molecule has 1 saturated heterocycles. The lowest BCUT2D eigenvalue weighted by atomic mass is 10.1. The number of aryl methyl sites for hydroxylation is 1. The number of aliphatic hydroxyl groups is 1. The summed E-state index contributed by atoms with van der Waals surface area (Å²) in [4.78, 5) is 17.6. The molecule has 0 amide bonds. The van der Waals surface area contributed by atoms with E-state index in [4.69, 9.17) is 9.72 Å². The van der Waals surface area contributed by atoms with E-state index in [1.807, 2.05) is 0 Å². The number of anilines is 2. The molecule has 1 aliphatic heterocycles. The van der Waals surface area contributed by atoms with Crippen LogP contribution < -0.4 is 10.2 Å². The van der Waals surface area contributed by atoms with Crippen LogP contribution in [0.3, 0.4) is 0 Å². The molecular weight excluding hydrogens is 374 g/mol. The van der Waals surface area contributed by atoms with E-state index < -0.39 is 0 Å². The van der Waals surface area contributed by atoms with Crippen LogP contribution in [0.5, 0.6) is 0 Å². The number of thiophene rings is 1. The fraction of sp³-hybridized carbons (Fsp3) is 0.550. The second kappa shape index (κ2) is 7.42. The minimum absolute atomic E-state index is 0.00843. The molecule has 1 atom stereocenters. The molecule has 3 aromatic rings. The highest BCUT2D eigenvalue weighted by molar-refractivity contribution is 7.26. The highest BCUT2D eigenvalue weighted by atomic mass is 32.1. The fourth-order valence-electron chi connectivity index (χ4n) is 4.29. The van der Waals surface area contributed by atoms with Gasteiger partial charge in [-0.1, -0.05) is 6.92 Å². The van der Waals surface area contributed by atoms with Crippen LogP contribution in [0.1, 0.15) is 30.9 Å². The minimum Gasteiger partial charge on any atom is -0.394 e. The number of rotatable bonds is 5. The average Bonchev–Trinajstić information content (AvgIpc) is 3.36. The standard InChI is InChI=1S/C20H25N5O2S/c1-2-12(10-26)23-18-17-16(21-11-22-18)15-13-4-3-5-14(13)19(24-20(15)28-17)25-6-8-27-9-7-25/h11-12,26H,2-10H2,1H3,(H,21,22,23). The lowest BCUT2D eigenvalue weighted by molar-refractivity contribution is 0.122. The van der Waals surface area contributed by atoms with Crippen molar-refractivity contribution >= 4 is 43.4 Å². The Kier molecular flexibility index (Phi) is 4.78. The van der Waals surface area contributed by atoms with Gasteiger partial charge < -0.3 is 20.1 Å². The second-order valence-electron chi connectivity index (χ2n) is 7.46. The molecule has 0 saturated carbocycles. The Labute approximate surface area is 167 Å². The summed E-state index contributed by atoms with van der Waals surface area (Å²) in [5.74, 6) is 1.94. The van der Waals surface area contributed by atoms with Crippen LogP contribution in [0, 0.1) is 0 Å². The third kappa shape index (κ3) is 2.91. The van der Waals surface area contributed by atoms with E-state index >= 15 is 0 Å². The molecule has 28 heavy (non-hydrogen) atoms. The maximum Gasteiger partial charge on any atom is 0.147 e. The van der Waals surface area contributed by atoms with Crippen molar-refractivity contribution in [3.63, 3.8) is 0 Å². The van der Waals surface area contributed by atoms with Gasteiger partial charge in [0.2, 0.25) is 0 Å². The van der Waals surface area contributed by atoms with Gasteiger partial charge in [-0.25, -0.2) is 15.0 Å². The van der Waals surface area contributed by atoms with Gasteiger partial charge in [-0.05, 0) is 36.8 Å². The number of fused-ring (bicyclic) bond motifs is 5. The molecule has 4 heterocycles. The topological polar surface area (TPSA) is 83.4 Å². The first-order valence-electron chi connectivity index (χ1n) is 10.1. The highest BCUT2D eigenvalue weighted by Gasteiger charge is 2.27. The van der Waals surface area contributed by atoms with Crippen molar-refractivity contribution < 1.29 is 9.84 Å². The lowest BCUT2D eigenvalue weighted by Gasteiger charge is -2.29. The van der Waals surface area contributed by atoms with Crippen molar-refractivity contribution in [2.45, 2.75) is 38.6 Å². The molecule has 1 fully saturated rings. The predicted octanol–water partition coefficient (Wildman–Crippen LogP) is 2.75. The first-order valence-corrected chi connectivity index (χ1v) is 10.9. The van der Waals surface area contributed by atoms with E-state index in [1.165, 1.54) is 22.9 Å². The van der Waals surface area contributed by atoms with Crippen molar-refractivity contribution in [1.29, 1.82) is 0 Å². The molecule has 2 N–H and O–H groups in total. The molecule has 1 unspecified atom stereocenters. The van der Waals surface area contributed by atoms with Crippen molar-refractivity contribution in [3.05, 3.63) is 17.5 Å². The van der Waals surface area contributed by atoms with Crippen molar-refractivity contribution in [3.8, 4) is 0 Å². The van der Waals surface area contributed by atoms with E-state index in [9.17, 15) is 5.11 Å². The molecule has 2 aliphatic rings. The van der Waals surface area contributed by atoms with Gasteiger partial charge in [0.25, 0.3) is 0 Å². The second-order valence-corrected chi connectivity index (χ2v) is 8.46. The average molecular weight is 400 g/mol. The third-order valence-corrected chi connectivity index (χ3v) is 6.89. The summed E-state index contributed by atoms with van der Waals surface area (Å²) in [6.45, 7) is 5.47. The number of morpholine rings is 1. The van der Waals surface area contributed by atoms with Gasteiger partial charge in [-0.2, -0.15) is 0 Å². The Morgan fingerprint density at radius 2 is 2.07 bits per heavy atom. The van der Waals surface area contributed by atoms with Gasteiger partial charge in [0.15, 0.2) is 0 Å². The molecule has 3 aromatic heterocycles. The zero-order chi connectivity index (χ0) is 19.1. The summed E-state index contributed by atoms with van der Waals surface area (Å²) in [6, 6.07) is -0.00843. The lowest BCUT2D eigenvalue weighted by Crippen LogP contribution is -2.37. The zero-order valence-corrected chi connectivity index (χ0v) is 16.9. The van der Waals surface area contributed by atoms with Gasteiger partial charge in [-0.15, -0.1) is 11.3 Å². The monoisotopic (exact) mass is 399 g/mol. The first kappa shape index (κ1) is 18.0. The van der Waals surface area contributed by atoms with Crippen LogP contribution in [-0.2, 0) is 17.6 Å². The normalized spacial score (nSPS) is 18.0. The maximum atomic E-state index is 9.58. The number of nitrogens with zero attached hydrogens (tertiary/aromatic N) is 4. The minimum atomic E-state index is -0.00843. The highest BCUT2D eigenvalue weighted by Crippen LogP contribution is 2.43. The van der Waals surface area contributed by atoms with E-state index in [-0.39, 0.29) is 12.6 Å². The summed E-state index contributed by atoms with van der Waals surface area (Å²) in [6.07, 6.45) is 5.79. The van der Waals surface area contributed by atoms with Crippen LogP contribution in [0.25, 0.3) is 20.4 Å². The summed E-state index contributed by atoms with van der Waals surface area (Å²) in [5, 5.41) is 14.2. The Hall–Kier alpha value is -2.03. The van der Waals surface area contributed by atoms with E-state index in [1.54, 1.807) is 17.7 Å². The molecule has 0 aromatic carbocycles. The largest absolute Gasteiger partial charge is 0.394 e. The van der Waals surface area contributed by atoms with Gasteiger partial charge in [0.05, 0.1) is 36.1 Å². The zero-order valence-electron chi connectivity index (χ0n) is 16.1. The molecule has 0 bridgehead atoms. The Bertz CT molecular complexity index is 1010. The van der Waals surface area contributed by atoms with Crippen molar-refractivity contribution in [2.75, 3.05) is 43.1 Å². The van der Waals surface area contributed by atoms with Crippen LogP contribution in [0.15, 0.2) is 6.33 Å². The smallest absolute Gasteiger partial charge is 0.147 e. The number of pyridine rings is 1. The quantitative estimate of drug-likeness (QED) is 0.682. The molecular formula is C20H25N5O2S. The Balaban J connectivity index is 1.68. The third-order valence-electron chi connectivity index (χ3n) is 5.81. The molecule has 8 heteroatoms. The number of hydrogen-bond acceptors (Lipinski definition) is 8. The number of nitrogens with one attached hydrogen (secondary N) is 1. The molecule has 7 nitrogen and oxygen atoms in total. The van der Waals surface area contributed by atoms with Crippen LogP contribution in [-0.4, -0.2) is 59.0 Å². The number of aliphatic hydroxyl groups excluding tert-OH is 1. The van der Waals surface area contributed by atoms with Crippen LogP contribution in [0.2, 0.25) is 0 Å². The van der Waals surface area contributed by atoms with Crippen LogP contribution >= 0.6 is 11.3 Å². The van der Waals surface area contributed by atoms with Gasteiger partial charge in [0.1, 0.15) is 22.8 Å². The van der Waals surface area contributed by atoms with Gasteiger partial charge in [-0.3, -0.25) is 0 Å². The van der Waals surface area contributed by atoms with Crippen molar-refractivity contribution in [2.24, 2.45) is 0 Å². The van der Waals surface area contributed by atoms with E-state index in [0.29, 0.717) is 0 Å². The molecule has 1 aliphatic carbocycles. The predicted molar refractivity (Wildman–Crippen MR) is 113 cm³/mol. The molecule has 148 valence electrons. The first-order chi connectivity index (χ1) is 13.8. The maximum absolute atomic E-state index is 9.58. The summed E-state index contributed by atoms with van der Waals surface area (Å²) < 4.78 is 6.57. The molecule has 0 radical (unpaired) electrons. The van der Waals surface area contributed by atoms with E-state index in [0.717, 1.165) is 72.2 Å². The van der Waals surface area contributed by atoms with Crippen LogP contribution in [0.4, 0.5) is 11.6 Å². The Morgan fingerprint density at radius 3 is 2.86 bits per heavy atom. The summed E-state index contributed by atoms with van der Waals surface area (Å²) >= 11 is 1.66. The summed E-state index contributed by atoms with van der Waals surface area (Å²) in [5.41, 5.74) is 3.80. The number of aromatic nitrogens is 3. The van der Waals surface area contributed by atoms with Crippen molar-refractivity contribution in [1.82, 2.24) is 15.0 Å². The fourth-order valence-corrected chi connectivity index (χ4v) is 5.40. The molecule has 5 rings (SSSR count). The van der Waals surface area contributed by atoms with E-state index in [2.05, 4.69) is 27.1 Å². The van der Waals surface area contributed by atoms with Gasteiger partial charge >= 0.3 is 0 Å². The molecule has 0 spiro atoms. The Morgan fingerprint density at radius 1 is 1.25 bits per heavy atom.